The lowest BCUT2D eigenvalue weighted by Gasteiger charge is -2.17. The highest BCUT2D eigenvalue weighted by Gasteiger charge is 2.08. The van der Waals surface area contributed by atoms with Crippen molar-refractivity contribution in [2.75, 3.05) is 24.3 Å². The average Bonchev–Trinajstić information content (AvgIpc) is 2.53. The van der Waals surface area contributed by atoms with Crippen LogP contribution in [0.1, 0.15) is 5.56 Å². The molecule has 124 valence electrons. The van der Waals surface area contributed by atoms with Gasteiger partial charge >= 0.3 is 0 Å². The van der Waals surface area contributed by atoms with Gasteiger partial charge in [-0.05, 0) is 29.8 Å². The molecule has 2 aromatic carbocycles. The number of carbonyl (C=O) groups is 1. The third kappa shape index (κ3) is 4.57. The highest BCUT2D eigenvalue weighted by atomic mass is 35.5. The van der Waals surface area contributed by atoms with Crippen molar-refractivity contribution in [1.82, 2.24) is 0 Å². The second-order valence-corrected chi connectivity index (χ2v) is 5.67. The van der Waals surface area contributed by atoms with Crippen LogP contribution < -0.4 is 10.2 Å². The molecule has 0 saturated heterocycles. The first-order valence-corrected chi connectivity index (χ1v) is 7.45. The second kappa shape index (κ2) is 7.61. The monoisotopic (exact) mass is 345 g/mol. The summed E-state index contributed by atoms with van der Waals surface area (Å²) in [6.45, 7) is 0. The predicted octanol–water partition coefficient (Wildman–Crippen LogP) is 3.97. The number of anilines is 2. The zero-order chi connectivity index (χ0) is 17.7. The Morgan fingerprint density at radius 1 is 1.25 bits per heavy atom. The van der Waals surface area contributed by atoms with Crippen LogP contribution in [0.25, 0.3) is 6.08 Å². The molecular weight excluding hydrogens is 330 g/mol. The van der Waals surface area contributed by atoms with Crippen molar-refractivity contribution in [3.8, 4) is 0 Å². The van der Waals surface area contributed by atoms with E-state index in [1.807, 2.05) is 25.1 Å². The summed E-state index contributed by atoms with van der Waals surface area (Å²) in [5.41, 5.74) is 1.94. The number of benzene rings is 2. The molecule has 0 aliphatic rings. The van der Waals surface area contributed by atoms with E-state index in [0.29, 0.717) is 16.3 Å². The molecule has 0 atom stereocenters. The largest absolute Gasteiger partial charge is 0.376 e. The number of nitro benzene ring substituents is 1. The van der Waals surface area contributed by atoms with Crippen molar-refractivity contribution >= 4 is 40.6 Å². The number of hydrogen-bond acceptors (Lipinski definition) is 4. The topological polar surface area (TPSA) is 75.5 Å². The maximum absolute atomic E-state index is 12.1. The summed E-state index contributed by atoms with van der Waals surface area (Å²) in [4.78, 5) is 24.2. The van der Waals surface area contributed by atoms with E-state index in [4.69, 9.17) is 11.6 Å². The normalized spacial score (nSPS) is 10.6. The Labute approximate surface area is 144 Å². The van der Waals surface area contributed by atoms with E-state index in [1.54, 1.807) is 24.3 Å². The molecule has 0 heterocycles. The molecule has 24 heavy (non-hydrogen) atoms. The van der Waals surface area contributed by atoms with E-state index in [9.17, 15) is 14.9 Å². The van der Waals surface area contributed by atoms with Crippen LogP contribution in [0.2, 0.25) is 5.02 Å². The van der Waals surface area contributed by atoms with Crippen molar-refractivity contribution in [3.05, 3.63) is 69.2 Å². The Balaban J connectivity index is 2.15. The number of nitro groups is 1. The SMILES string of the molecule is CN(C)c1ccc(Cl)cc1NC(=O)C=Cc1cccc([N+](=O)[O-])c1. The van der Waals surface area contributed by atoms with Gasteiger partial charge in [0, 0.05) is 37.3 Å². The maximum Gasteiger partial charge on any atom is 0.270 e. The number of amides is 1. The van der Waals surface area contributed by atoms with Gasteiger partial charge < -0.3 is 10.2 Å². The molecule has 1 N–H and O–H groups in total. The Morgan fingerprint density at radius 2 is 2.00 bits per heavy atom. The number of hydrogen-bond donors (Lipinski definition) is 1. The van der Waals surface area contributed by atoms with Gasteiger partial charge in [-0.3, -0.25) is 14.9 Å². The zero-order valence-corrected chi connectivity index (χ0v) is 13.9. The number of carbonyl (C=O) groups excluding carboxylic acids is 1. The van der Waals surface area contributed by atoms with E-state index in [0.717, 1.165) is 5.69 Å². The van der Waals surface area contributed by atoms with E-state index < -0.39 is 4.92 Å². The molecule has 0 unspecified atom stereocenters. The fourth-order valence-corrected chi connectivity index (χ4v) is 2.26. The lowest BCUT2D eigenvalue weighted by atomic mass is 10.2. The summed E-state index contributed by atoms with van der Waals surface area (Å²) in [5, 5.41) is 14.0. The van der Waals surface area contributed by atoms with Crippen LogP contribution in [-0.4, -0.2) is 24.9 Å². The van der Waals surface area contributed by atoms with E-state index >= 15 is 0 Å². The lowest BCUT2D eigenvalue weighted by Crippen LogP contribution is -2.15. The average molecular weight is 346 g/mol. The molecule has 0 aromatic heterocycles. The van der Waals surface area contributed by atoms with Crippen LogP contribution in [0.3, 0.4) is 0 Å². The summed E-state index contributed by atoms with van der Waals surface area (Å²) in [7, 11) is 3.72. The smallest absolute Gasteiger partial charge is 0.270 e. The third-order valence-electron chi connectivity index (χ3n) is 3.21. The Kier molecular flexibility index (Phi) is 5.55. The molecule has 0 radical (unpaired) electrons. The number of halogens is 1. The first-order valence-electron chi connectivity index (χ1n) is 7.07. The molecule has 7 heteroatoms. The predicted molar refractivity (Wildman–Crippen MR) is 96.5 cm³/mol. The van der Waals surface area contributed by atoms with Crippen molar-refractivity contribution in [2.24, 2.45) is 0 Å². The summed E-state index contributed by atoms with van der Waals surface area (Å²) in [6.07, 6.45) is 2.83. The standard InChI is InChI=1S/C17H16ClN3O3/c1-20(2)16-8-7-13(18)11-15(16)19-17(22)9-6-12-4-3-5-14(10-12)21(23)24/h3-11H,1-2H3,(H,19,22). The van der Waals surface area contributed by atoms with Crippen LogP contribution in [0.5, 0.6) is 0 Å². The first kappa shape index (κ1) is 17.5. The fourth-order valence-electron chi connectivity index (χ4n) is 2.09. The van der Waals surface area contributed by atoms with Crippen LogP contribution in [0, 0.1) is 10.1 Å². The fraction of sp³-hybridized carbons (Fsp3) is 0.118. The van der Waals surface area contributed by atoms with E-state index in [-0.39, 0.29) is 11.6 Å². The molecule has 0 bridgehead atoms. The molecule has 6 nitrogen and oxygen atoms in total. The van der Waals surface area contributed by atoms with Crippen LogP contribution in [-0.2, 0) is 4.79 Å². The minimum Gasteiger partial charge on any atom is -0.376 e. The Morgan fingerprint density at radius 3 is 2.67 bits per heavy atom. The lowest BCUT2D eigenvalue weighted by molar-refractivity contribution is -0.384. The quantitative estimate of drug-likeness (QED) is 0.505. The molecule has 1 amide bonds. The van der Waals surface area contributed by atoms with Crippen LogP contribution >= 0.6 is 11.6 Å². The second-order valence-electron chi connectivity index (χ2n) is 5.23. The molecule has 2 aromatic rings. The number of non-ortho nitro benzene ring substituents is 1. The molecule has 0 aliphatic carbocycles. The Bertz CT molecular complexity index is 803. The van der Waals surface area contributed by atoms with Crippen molar-refractivity contribution in [2.45, 2.75) is 0 Å². The molecule has 2 rings (SSSR count). The van der Waals surface area contributed by atoms with Gasteiger partial charge in [0.05, 0.1) is 16.3 Å². The van der Waals surface area contributed by atoms with E-state index in [1.165, 1.54) is 24.3 Å². The molecule has 0 spiro atoms. The Hall–Kier alpha value is -2.86. The van der Waals surface area contributed by atoms with Gasteiger partial charge in [0.25, 0.3) is 5.69 Å². The zero-order valence-electron chi connectivity index (χ0n) is 13.2. The molecule has 0 aliphatic heterocycles. The van der Waals surface area contributed by atoms with Crippen molar-refractivity contribution in [3.63, 3.8) is 0 Å². The number of nitrogens with zero attached hydrogens (tertiary/aromatic N) is 2. The summed E-state index contributed by atoms with van der Waals surface area (Å²) < 4.78 is 0. The molecular formula is C17H16ClN3O3. The highest BCUT2D eigenvalue weighted by molar-refractivity contribution is 6.31. The number of rotatable bonds is 5. The third-order valence-corrected chi connectivity index (χ3v) is 3.44. The summed E-state index contributed by atoms with van der Waals surface area (Å²) >= 11 is 5.97. The van der Waals surface area contributed by atoms with Crippen LogP contribution in [0.4, 0.5) is 17.1 Å². The van der Waals surface area contributed by atoms with Gasteiger partial charge in [0.15, 0.2) is 0 Å². The highest BCUT2D eigenvalue weighted by Crippen LogP contribution is 2.27. The van der Waals surface area contributed by atoms with Gasteiger partial charge in [0.2, 0.25) is 5.91 Å². The van der Waals surface area contributed by atoms with Gasteiger partial charge in [-0.25, -0.2) is 0 Å². The minimum atomic E-state index is -0.479. The van der Waals surface area contributed by atoms with Crippen molar-refractivity contribution in [1.29, 1.82) is 0 Å². The van der Waals surface area contributed by atoms with Gasteiger partial charge in [-0.15, -0.1) is 0 Å². The minimum absolute atomic E-state index is 0.0257. The molecule has 0 fully saturated rings. The van der Waals surface area contributed by atoms with Crippen LogP contribution in [0.15, 0.2) is 48.5 Å². The van der Waals surface area contributed by atoms with Gasteiger partial charge in [-0.2, -0.15) is 0 Å². The van der Waals surface area contributed by atoms with E-state index in [2.05, 4.69) is 5.32 Å². The van der Waals surface area contributed by atoms with Gasteiger partial charge in [0.1, 0.15) is 0 Å². The van der Waals surface area contributed by atoms with Crippen molar-refractivity contribution < 1.29 is 9.72 Å². The summed E-state index contributed by atoms with van der Waals surface area (Å²) in [5.74, 6) is -0.355. The number of nitrogens with one attached hydrogen (secondary N) is 1. The summed E-state index contributed by atoms with van der Waals surface area (Å²) in [6, 6.07) is 11.3. The molecule has 0 saturated carbocycles. The maximum atomic E-state index is 12.1. The van der Waals surface area contributed by atoms with Gasteiger partial charge in [-0.1, -0.05) is 23.7 Å². The first-order chi connectivity index (χ1) is 11.4.